The average molecular weight is 275 g/mol. The number of aromatic nitrogens is 2. The van der Waals surface area contributed by atoms with Gasteiger partial charge in [0.15, 0.2) is 5.82 Å². The third-order valence-corrected chi connectivity index (χ3v) is 4.23. The molecule has 3 aromatic rings. The van der Waals surface area contributed by atoms with Crippen molar-refractivity contribution in [1.82, 2.24) is 10.2 Å². The number of allylic oxidation sites excluding steroid dienone is 2. The number of nitrogens with two attached hydrogens (primary N) is 1. The van der Waals surface area contributed by atoms with Gasteiger partial charge in [-0.2, -0.15) is 5.10 Å². The zero-order valence-corrected chi connectivity index (χ0v) is 11.8. The summed E-state index contributed by atoms with van der Waals surface area (Å²) in [7, 11) is 0. The number of aromatic amines is 1. The lowest BCUT2D eigenvalue weighted by Gasteiger charge is -2.07. The number of anilines is 1. The summed E-state index contributed by atoms with van der Waals surface area (Å²) >= 11 is 0. The molecule has 1 aromatic heterocycles. The summed E-state index contributed by atoms with van der Waals surface area (Å²) in [5.41, 5.74) is 12.1. The van der Waals surface area contributed by atoms with Crippen molar-refractivity contribution in [3.63, 3.8) is 0 Å². The Bertz CT molecular complexity index is 825. The quantitative estimate of drug-likeness (QED) is 0.729. The fourth-order valence-electron chi connectivity index (χ4n) is 3.14. The van der Waals surface area contributed by atoms with Crippen LogP contribution >= 0.6 is 0 Å². The number of hydrogen-bond acceptors (Lipinski definition) is 2. The van der Waals surface area contributed by atoms with Gasteiger partial charge >= 0.3 is 0 Å². The number of nitrogens with zero attached hydrogens (tertiary/aromatic N) is 1. The van der Waals surface area contributed by atoms with Gasteiger partial charge in [-0.05, 0) is 47.6 Å². The fourth-order valence-corrected chi connectivity index (χ4v) is 3.14. The van der Waals surface area contributed by atoms with E-state index in [0.717, 1.165) is 16.5 Å². The van der Waals surface area contributed by atoms with Gasteiger partial charge < -0.3 is 5.73 Å². The summed E-state index contributed by atoms with van der Waals surface area (Å²) in [6.07, 6.45) is 6.04. The van der Waals surface area contributed by atoms with E-state index in [2.05, 4.69) is 46.6 Å². The summed E-state index contributed by atoms with van der Waals surface area (Å²) in [4.78, 5) is 0. The van der Waals surface area contributed by atoms with E-state index in [0.29, 0.717) is 5.82 Å². The molecule has 3 heteroatoms. The Hall–Kier alpha value is -2.55. The first-order valence-corrected chi connectivity index (χ1v) is 7.35. The van der Waals surface area contributed by atoms with Crippen LogP contribution in [0.4, 0.5) is 5.82 Å². The van der Waals surface area contributed by atoms with Crippen molar-refractivity contribution in [2.45, 2.75) is 19.3 Å². The normalized spacial score (nSPS) is 14.6. The van der Waals surface area contributed by atoms with E-state index >= 15 is 0 Å². The van der Waals surface area contributed by atoms with Crippen LogP contribution < -0.4 is 5.73 Å². The van der Waals surface area contributed by atoms with Gasteiger partial charge in [0.1, 0.15) is 0 Å². The number of fused-ring (bicyclic) bond motifs is 1. The van der Waals surface area contributed by atoms with Gasteiger partial charge in [0.2, 0.25) is 0 Å². The second-order valence-corrected chi connectivity index (χ2v) is 5.54. The van der Waals surface area contributed by atoms with Crippen molar-refractivity contribution in [1.29, 1.82) is 0 Å². The van der Waals surface area contributed by atoms with E-state index in [1.807, 2.05) is 12.1 Å². The molecule has 0 aliphatic heterocycles. The molecule has 1 heterocycles. The zero-order valence-electron chi connectivity index (χ0n) is 11.8. The SMILES string of the molecule is Nc1n[nH]c2cccc(-c3ccc(C4=CCCC4)cc3)c12. The van der Waals surface area contributed by atoms with Crippen LogP contribution in [0.5, 0.6) is 0 Å². The topological polar surface area (TPSA) is 54.7 Å². The van der Waals surface area contributed by atoms with Crippen molar-refractivity contribution in [2.24, 2.45) is 0 Å². The number of nitrogens with one attached hydrogen (secondary N) is 1. The molecule has 0 unspecified atom stereocenters. The van der Waals surface area contributed by atoms with Gasteiger partial charge in [-0.3, -0.25) is 5.10 Å². The van der Waals surface area contributed by atoms with Crippen molar-refractivity contribution in [3.8, 4) is 11.1 Å². The molecule has 3 N–H and O–H groups in total. The van der Waals surface area contributed by atoms with Crippen molar-refractivity contribution in [2.75, 3.05) is 5.73 Å². The molecule has 1 aliphatic carbocycles. The van der Waals surface area contributed by atoms with Gasteiger partial charge in [0.05, 0.1) is 10.9 Å². The first-order chi connectivity index (χ1) is 10.3. The van der Waals surface area contributed by atoms with Gasteiger partial charge in [-0.15, -0.1) is 0 Å². The summed E-state index contributed by atoms with van der Waals surface area (Å²) in [6, 6.07) is 14.9. The van der Waals surface area contributed by atoms with Crippen molar-refractivity contribution >= 4 is 22.3 Å². The van der Waals surface area contributed by atoms with E-state index in [1.165, 1.54) is 36.0 Å². The Morgan fingerprint density at radius 2 is 1.81 bits per heavy atom. The summed E-state index contributed by atoms with van der Waals surface area (Å²) < 4.78 is 0. The Labute approximate surface area is 123 Å². The van der Waals surface area contributed by atoms with Gasteiger partial charge in [0.25, 0.3) is 0 Å². The number of hydrogen-bond donors (Lipinski definition) is 2. The minimum absolute atomic E-state index is 0.558. The van der Waals surface area contributed by atoms with E-state index in [-0.39, 0.29) is 0 Å². The Kier molecular flexibility index (Phi) is 2.78. The molecule has 0 fully saturated rings. The Morgan fingerprint density at radius 3 is 2.57 bits per heavy atom. The third-order valence-electron chi connectivity index (χ3n) is 4.23. The van der Waals surface area contributed by atoms with Crippen LogP contribution in [-0.2, 0) is 0 Å². The Balaban J connectivity index is 1.80. The fraction of sp³-hybridized carbons (Fsp3) is 0.167. The zero-order chi connectivity index (χ0) is 14.2. The molecule has 0 amide bonds. The van der Waals surface area contributed by atoms with Gasteiger partial charge in [0, 0.05) is 0 Å². The molecule has 2 aromatic carbocycles. The average Bonchev–Trinajstić information content (AvgIpc) is 3.18. The molecule has 4 rings (SSSR count). The van der Waals surface area contributed by atoms with Crippen LogP contribution in [0.1, 0.15) is 24.8 Å². The molecular weight excluding hydrogens is 258 g/mol. The predicted octanol–water partition coefficient (Wildman–Crippen LogP) is 4.38. The Morgan fingerprint density at radius 1 is 1.00 bits per heavy atom. The maximum atomic E-state index is 5.99. The highest BCUT2D eigenvalue weighted by molar-refractivity contribution is 6.01. The van der Waals surface area contributed by atoms with Crippen LogP contribution in [0.25, 0.3) is 27.6 Å². The van der Waals surface area contributed by atoms with Gasteiger partial charge in [-0.25, -0.2) is 0 Å². The minimum Gasteiger partial charge on any atom is -0.382 e. The smallest absolute Gasteiger partial charge is 0.153 e. The molecule has 0 radical (unpaired) electrons. The molecular formula is C18H17N3. The molecule has 1 aliphatic rings. The van der Waals surface area contributed by atoms with E-state index in [9.17, 15) is 0 Å². The molecule has 0 spiro atoms. The summed E-state index contributed by atoms with van der Waals surface area (Å²) in [5.74, 6) is 0.558. The van der Waals surface area contributed by atoms with Gasteiger partial charge in [-0.1, -0.05) is 42.5 Å². The second-order valence-electron chi connectivity index (χ2n) is 5.54. The number of rotatable bonds is 2. The van der Waals surface area contributed by atoms with Crippen LogP contribution in [-0.4, -0.2) is 10.2 Å². The largest absolute Gasteiger partial charge is 0.382 e. The molecule has 0 saturated heterocycles. The van der Waals surface area contributed by atoms with Crippen molar-refractivity contribution in [3.05, 3.63) is 54.1 Å². The molecule has 0 saturated carbocycles. The number of nitrogen functional groups attached to an aromatic ring is 1. The van der Waals surface area contributed by atoms with E-state index < -0.39 is 0 Å². The van der Waals surface area contributed by atoms with E-state index in [4.69, 9.17) is 5.73 Å². The number of H-pyrrole nitrogens is 1. The van der Waals surface area contributed by atoms with E-state index in [1.54, 1.807) is 0 Å². The third kappa shape index (κ3) is 2.02. The van der Waals surface area contributed by atoms with Crippen molar-refractivity contribution < 1.29 is 0 Å². The minimum atomic E-state index is 0.558. The molecule has 3 nitrogen and oxygen atoms in total. The highest BCUT2D eigenvalue weighted by Crippen LogP contribution is 2.33. The highest BCUT2D eigenvalue weighted by Gasteiger charge is 2.11. The number of benzene rings is 2. The van der Waals surface area contributed by atoms with Crippen LogP contribution in [0.2, 0.25) is 0 Å². The molecule has 104 valence electrons. The molecule has 0 atom stereocenters. The summed E-state index contributed by atoms with van der Waals surface area (Å²) in [6.45, 7) is 0. The standard InChI is InChI=1S/C18H17N3/c19-18-17-15(6-3-7-16(17)20-21-18)14-10-8-13(9-11-14)12-4-1-2-5-12/h3-4,6-11H,1-2,5H2,(H3,19,20,21). The maximum Gasteiger partial charge on any atom is 0.153 e. The molecule has 0 bridgehead atoms. The molecule has 21 heavy (non-hydrogen) atoms. The first kappa shape index (κ1) is 12.2. The van der Waals surface area contributed by atoms with Crippen LogP contribution in [0.15, 0.2) is 48.5 Å². The lowest BCUT2D eigenvalue weighted by atomic mass is 9.98. The second kappa shape index (κ2) is 4.77. The summed E-state index contributed by atoms with van der Waals surface area (Å²) in [5, 5.41) is 8.08. The van der Waals surface area contributed by atoms with Crippen LogP contribution in [0.3, 0.4) is 0 Å². The lowest BCUT2D eigenvalue weighted by molar-refractivity contribution is 0.935. The lowest BCUT2D eigenvalue weighted by Crippen LogP contribution is -1.87. The first-order valence-electron chi connectivity index (χ1n) is 7.35. The highest BCUT2D eigenvalue weighted by atomic mass is 15.1. The maximum absolute atomic E-state index is 5.99. The monoisotopic (exact) mass is 275 g/mol. The van der Waals surface area contributed by atoms with Crippen LogP contribution in [0, 0.1) is 0 Å². The predicted molar refractivity (Wildman–Crippen MR) is 87.8 cm³/mol.